The van der Waals surface area contributed by atoms with Gasteiger partial charge in [-0.25, -0.2) is 4.98 Å². The van der Waals surface area contributed by atoms with Crippen LogP contribution >= 0.6 is 0 Å². The van der Waals surface area contributed by atoms with Crippen LogP contribution in [0.15, 0.2) is 41.2 Å². The third-order valence-corrected chi connectivity index (χ3v) is 7.03. The number of pyridine rings is 2. The second-order valence-electron chi connectivity index (χ2n) is 9.46. The molecule has 1 saturated heterocycles. The number of halogens is 6. The largest absolute Gasteiger partial charge is 0.416 e. The molecule has 202 valence electrons. The normalized spacial score (nSPS) is 19.1. The van der Waals surface area contributed by atoms with E-state index in [1.807, 2.05) is 29.7 Å². The highest BCUT2D eigenvalue weighted by molar-refractivity contribution is 5.89. The highest BCUT2D eigenvalue weighted by atomic mass is 19.4. The van der Waals surface area contributed by atoms with Crippen LogP contribution in [0.3, 0.4) is 0 Å². The minimum atomic E-state index is -4.95. The van der Waals surface area contributed by atoms with Crippen LogP contribution in [0, 0.1) is 11.3 Å². The topological polar surface area (TPSA) is 65.2 Å². The third kappa shape index (κ3) is 5.20. The fourth-order valence-corrected chi connectivity index (χ4v) is 4.99. The number of nitriles is 1. The van der Waals surface area contributed by atoms with Crippen molar-refractivity contribution in [3.05, 3.63) is 69.1 Å². The number of rotatable bonds is 4. The molecule has 1 aliphatic heterocycles. The van der Waals surface area contributed by atoms with Crippen LogP contribution in [0.5, 0.6) is 0 Å². The first-order valence-corrected chi connectivity index (χ1v) is 11.9. The molecule has 0 saturated carbocycles. The molecule has 0 N–H and O–H groups in total. The molecule has 1 fully saturated rings. The van der Waals surface area contributed by atoms with E-state index in [4.69, 9.17) is 0 Å². The molecule has 1 aliphatic rings. The molecule has 2 atom stereocenters. The zero-order chi connectivity index (χ0) is 28.0. The fraction of sp³-hybridized carbons (Fsp3) is 0.423. The highest BCUT2D eigenvalue weighted by Gasteiger charge is 2.39. The van der Waals surface area contributed by atoms with Gasteiger partial charge in [0, 0.05) is 44.8 Å². The number of fused-ring (bicyclic) bond motifs is 1. The minimum Gasteiger partial charge on any atom is -0.364 e. The summed E-state index contributed by atoms with van der Waals surface area (Å²) >= 11 is 0. The SMILES string of the molecule is CCC1CN(c2cc(=O)n(C)c3ccc(C#N)nc23)[C@@H](C)CN1Cc1ccc(C(F)(F)F)cc1C(F)(F)F. The van der Waals surface area contributed by atoms with Crippen molar-refractivity contribution in [2.75, 3.05) is 18.0 Å². The van der Waals surface area contributed by atoms with Crippen molar-refractivity contribution >= 4 is 16.7 Å². The van der Waals surface area contributed by atoms with E-state index in [0.29, 0.717) is 42.3 Å². The predicted octanol–water partition coefficient (Wildman–Crippen LogP) is 5.33. The van der Waals surface area contributed by atoms with Crippen molar-refractivity contribution in [1.29, 1.82) is 5.26 Å². The van der Waals surface area contributed by atoms with Crippen LogP contribution in [0.25, 0.3) is 11.0 Å². The monoisotopic (exact) mass is 537 g/mol. The summed E-state index contributed by atoms with van der Waals surface area (Å²) in [4.78, 5) is 20.9. The van der Waals surface area contributed by atoms with Crippen molar-refractivity contribution in [3.8, 4) is 6.07 Å². The average molecular weight is 538 g/mol. The van der Waals surface area contributed by atoms with E-state index < -0.39 is 23.5 Å². The molecule has 2 aromatic heterocycles. The zero-order valence-corrected chi connectivity index (χ0v) is 20.9. The van der Waals surface area contributed by atoms with E-state index in [0.717, 1.165) is 6.07 Å². The van der Waals surface area contributed by atoms with Gasteiger partial charge >= 0.3 is 12.4 Å². The number of hydrogen-bond acceptors (Lipinski definition) is 5. The highest BCUT2D eigenvalue weighted by Crippen LogP contribution is 2.38. The lowest BCUT2D eigenvalue weighted by Crippen LogP contribution is -2.57. The standard InChI is InChI=1S/C26H25F6N5O/c1-4-19-14-37(22-10-23(38)35(3)21-8-7-18(11-33)34-24(21)22)15(2)12-36(19)13-16-5-6-17(25(27,28)29)9-20(16)26(30,31)32/h5-10,15,19H,4,12-14H2,1-3H3/t15-,19?/m0/s1. The molecule has 12 heteroatoms. The molecule has 0 aliphatic carbocycles. The number of benzene rings is 1. The number of aromatic nitrogens is 2. The number of alkyl halides is 6. The third-order valence-electron chi connectivity index (χ3n) is 7.03. The first kappa shape index (κ1) is 27.4. The summed E-state index contributed by atoms with van der Waals surface area (Å²) in [6.45, 7) is 4.19. The van der Waals surface area contributed by atoms with E-state index in [1.54, 1.807) is 13.1 Å². The van der Waals surface area contributed by atoms with Crippen LogP contribution in [0.4, 0.5) is 32.0 Å². The second-order valence-corrected chi connectivity index (χ2v) is 9.46. The number of nitrogens with zero attached hydrogens (tertiary/aromatic N) is 5. The Kier molecular flexibility index (Phi) is 7.18. The summed E-state index contributed by atoms with van der Waals surface area (Å²) in [5.41, 5.74) is -1.46. The Hall–Kier alpha value is -3.59. The Balaban J connectivity index is 1.70. The van der Waals surface area contributed by atoms with Crippen molar-refractivity contribution in [2.45, 2.75) is 51.2 Å². The molecule has 0 spiro atoms. The lowest BCUT2D eigenvalue weighted by Gasteiger charge is -2.46. The van der Waals surface area contributed by atoms with Gasteiger partial charge in [-0.15, -0.1) is 0 Å². The molecule has 0 amide bonds. The molecule has 1 unspecified atom stereocenters. The van der Waals surface area contributed by atoms with Crippen LogP contribution in [-0.4, -0.2) is 39.6 Å². The molecule has 3 aromatic rings. The quantitative estimate of drug-likeness (QED) is 0.421. The van der Waals surface area contributed by atoms with Crippen LogP contribution in [0.2, 0.25) is 0 Å². The summed E-state index contributed by atoms with van der Waals surface area (Å²) in [6.07, 6.45) is -9.29. The van der Waals surface area contributed by atoms with Gasteiger partial charge in [-0.3, -0.25) is 9.69 Å². The van der Waals surface area contributed by atoms with Gasteiger partial charge in [0.15, 0.2) is 0 Å². The first-order chi connectivity index (χ1) is 17.7. The Morgan fingerprint density at radius 2 is 1.76 bits per heavy atom. The Bertz CT molecular complexity index is 1460. The summed E-state index contributed by atoms with van der Waals surface area (Å²) in [5, 5.41) is 9.33. The van der Waals surface area contributed by atoms with Gasteiger partial charge in [0.25, 0.3) is 5.56 Å². The maximum atomic E-state index is 13.7. The van der Waals surface area contributed by atoms with Gasteiger partial charge in [-0.1, -0.05) is 13.0 Å². The number of aryl methyl sites for hydroxylation is 1. The Morgan fingerprint density at radius 3 is 2.37 bits per heavy atom. The number of anilines is 1. The van der Waals surface area contributed by atoms with Crippen molar-refractivity contribution in [3.63, 3.8) is 0 Å². The van der Waals surface area contributed by atoms with Crippen molar-refractivity contribution < 1.29 is 26.3 Å². The first-order valence-electron chi connectivity index (χ1n) is 11.9. The maximum absolute atomic E-state index is 13.7. The van der Waals surface area contributed by atoms with E-state index >= 15 is 0 Å². The van der Waals surface area contributed by atoms with E-state index in [9.17, 15) is 36.4 Å². The van der Waals surface area contributed by atoms with Crippen molar-refractivity contribution in [2.24, 2.45) is 7.05 Å². The molecule has 38 heavy (non-hydrogen) atoms. The zero-order valence-electron chi connectivity index (χ0n) is 20.9. The molecule has 1 aromatic carbocycles. The van der Waals surface area contributed by atoms with E-state index in [2.05, 4.69) is 4.98 Å². The Morgan fingerprint density at radius 1 is 1.05 bits per heavy atom. The Labute approximate surface area is 214 Å². The summed E-state index contributed by atoms with van der Waals surface area (Å²) in [6, 6.07) is 7.81. The molecular formula is C26H25F6N5O. The van der Waals surface area contributed by atoms with E-state index in [1.165, 1.54) is 16.7 Å². The molecular weight excluding hydrogens is 512 g/mol. The van der Waals surface area contributed by atoms with E-state index in [-0.39, 0.29) is 41.5 Å². The lowest BCUT2D eigenvalue weighted by molar-refractivity contribution is -0.143. The predicted molar refractivity (Wildman–Crippen MR) is 129 cm³/mol. The molecule has 0 radical (unpaired) electrons. The number of piperazine rings is 1. The van der Waals surface area contributed by atoms with Gasteiger partial charge in [-0.05, 0) is 43.2 Å². The van der Waals surface area contributed by atoms with Gasteiger partial charge in [0.1, 0.15) is 17.3 Å². The van der Waals surface area contributed by atoms with Crippen LogP contribution < -0.4 is 10.5 Å². The molecule has 6 nitrogen and oxygen atoms in total. The van der Waals surface area contributed by atoms with Gasteiger partial charge in [0.05, 0.1) is 22.3 Å². The lowest BCUT2D eigenvalue weighted by atomic mass is 9.99. The second kappa shape index (κ2) is 9.94. The molecule has 0 bridgehead atoms. The smallest absolute Gasteiger partial charge is 0.364 e. The van der Waals surface area contributed by atoms with Crippen molar-refractivity contribution in [1.82, 2.24) is 14.5 Å². The fourth-order valence-electron chi connectivity index (χ4n) is 4.99. The molecule has 4 rings (SSSR count). The van der Waals surface area contributed by atoms with Gasteiger partial charge < -0.3 is 9.47 Å². The summed E-state index contributed by atoms with van der Waals surface area (Å²) in [5.74, 6) is 0. The molecule has 3 heterocycles. The summed E-state index contributed by atoms with van der Waals surface area (Å²) in [7, 11) is 1.60. The van der Waals surface area contributed by atoms with Crippen LogP contribution in [0.1, 0.15) is 42.7 Å². The maximum Gasteiger partial charge on any atom is 0.416 e. The number of hydrogen-bond donors (Lipinski definition) is 0. The van der Waals surface area contributed by atoms with Gasteiger partial charge in [0.2, 0.25) is 0 Å². The summed E-state index contributed by atoms with van der Waals surface area (Å²) < 4.78 is 81.9. The average Bonchev–Trinajstić information content (AvgIpc) is 2.85. The van der Waals surface area contributed by atoms with Gasteiger partial charge in [-0.2, -0.15) is 31.6 Å². The van der Waals surface area contributed by atoms with Crippen LogP contribution in [-0.2, 0) is 25.9 Å². The minimum absolute atomic E-state index is 0.167.